The van der Waals surface area contributed by atoms with Crippen molar-refractivity contribution >= 4 is 6.01 Å². The summed E-state index contributed by atoms with van der Waals surface area (Å²) in [6.07, 6.45) is 13.2. The standard InChI is InChI=1S/C13H22N2.C2H8N2/c1-3-7-12(8-4-1)14-11-15-13-9-5-2-6-10-13;1-3-4-2/h12-13H,1-10H2;3-4H,1-2H3. The van der Waals surface area contributed by atoms with Gasteiger partial charge >= 0.3 is 0 Å². The second-order valence-electron chi connectivity index (χ2n) is 5.44. The van der Waals surface area contributed by atoms with E-state index >= 15 is 0 Å². The van der Waals surface area contributed by atoms with Crippen LogP contribution in [0.2, 0.25) is 0 Å². The third-order valence-electron chi connectivity index (χ3n) is 3.88. The van der Waals surface area contributed by atoms with Crippen molar-refractivity contribution in [3.05, 3.63) is 0 Å². The topological polar surface area (TPSA) is 48.8 Å². The summed E-state index contributed by atoms with van der Waals surface area (Å²) >= 11 is 0. The molecule has 2 rings (SSSR count). The molecule has 2 saturated carbocycles. The third-order valence-corrected chi connectivity index (χ3v) is 3.88. The molecule has 19 heavy (non-hydrogen) atoms. The Labute approximate surface area is 118 Å². The molecule has 0 aromatic carbocycles. The van der Waals surface area contributed by atoms with E-state index in [0.29, 0.717) is 12.1 Å². The lowest BCUT2D eigenvalue weighted by atomic mass is 9.96. The molecule has 0 bridgehead atoms. The fraction of sp³-hybridized carbons (Fsp3) is 0.933. The van der Waals surface area contributed by atoms with Gasteiger partial charge in [0.2, 0.25) is 0 Å². The van der Waals surface area contributed by atoms with Gasteiger partial charge in [-0.1, -0.05) is 38.5 Å². The van der Waals surface area contributed by atoms with Gasteiger partial charge in [-0.05, 0) is 39.8 Å². The predicted molar refractivity (Wildman–Crippen MR) is 81.7 cm³/mol. The van der Waals surface area contributed by atoms with Crippen molar-refractivity contribution < 1.29 is 0 Å². The summed E-state index contributed by atoms with van der Waals surface area (Å²) in [6, 6.07) is 4.04. The Morgan fingerprint density at radius 1 is 0.684 bits per heavy atom. The van der Waals surface area contributed by atoms with Crippen LogP contribution in [0.15, 0.2) is 9.98 Å². The maximum absolute atomic E-state index is 4.46. The Kier molecular flexibility index (Phi) is 9.60. The maximum atomic E-state index is 4.46. The molecule has 0 radical (unpaired) electrons. The predicted octanol–water partition coefficient (Wildman–Crippen LogP) is 3.17. The highest BCUT2D eigenvalue weighted by molar-refractivity contribution is 5.42. The summed E-state index contributed by atoms with van der Waals surface area (Å²) in [4.78, 5) is 8.92. The molecule has 0 saturated heterocycles. The number of hydrogen-bond acceptors (Lipinski definition) is 4. The van der Waals surface area contributed by atoms with Gasteiger partial charge in [-0.2, -0.15) is 0 Å². The van der Waals surface area contributed by atoms with E-state index < -0.39 is 0 Å². The number of nitrogens with one attached hydrogen (secondary N) is 2. The molecule has 2 aliphatic rings. The minimum Gasteiger partial charge on any atom is -0.261 e. The fourth-order valence-corrected chi connectivity index (χ4v) is 2.62. The van der Waals surface area contributed by atoms with Gasteiger partial charge in [-0.3, -0.25) is 10.9 Å². The van der Waals surface area contributed by atoms with E-state index in [9.17, 15) is 0 Å². The lowest BCUT2D eigenvalue weighted by molar-refractivity contribution is 0.438. The molecule has 0 unspecified atom stereocenters. The van der Waals surface area contributed by atoms with Crippen LogP contribution < -0.4 is 10.9 Å². The zero-order chi connectivity index (χ0) is 13.8. The van der Waals surface area contributed by atoms with Crippen LogP contribution in [-0.4, -0.2) is 32.2 Å². The number of aliphatic imine (C=N–C) groups is 2. The second kappa shape index (κ2) is 11.2. The average molecular weight is 266 g/mol. The molecule has 0 amide bonds. The summed E-state index contributed by atoms with van der Waals surface area (Å²) in [5.41, 5.74) is 5.36. The Morgan fingerprint density at radius 2 is 1.05 bits per heavy atom. The minimum absolute atomic E-state index is 0.533. The molecule has 2 aliphatic carbocycles. The molecular weight excluding hydrogens is 236 g/mol. The van der Waals surface area contributed by atoms with E-state index in [1.807, 2.05) is 14.1 Å². The van der Waals surface area contributed by atoms with Crippen molar-refractivity contribution in [3.8, 4) is 0 Å². The highest BCUT2D eigenvalue weighted by Crippen LogP contribution is 2.21. The van der Waals surface area contributed by atoms with Crippen LogP contribution in [0.25, 0.3) is 0 Å². The zero-order valence-corrected chi connectivity index (χ0v) is 12.6. The van der Waals surface area contributed by atoms with Crippen LogP contribution >= 0.6 is 0 Å². The van der Waals surface area contributed by atoms with Crippen LogP contribution in [0, 0.1) is 0 Å². The number of hydrazine groups is 1. The van der Waals surface area contributed by atoms with Crippen molar-refractivity contribution in [1.29, 1.82) is 0 Å². The molecule has 0 aromatic heterocycles. The fourth-order valence-electron chi connectivity index (χ4n) is 2.62. The Bertz CT molecular complexity index is 235. The normalized spacial score (nSPS) is 20.9. The van der Waals surface area contributed by atoms with Crippen molar-refractivity contribution in [1.82, 2.24) is 10.9 Å². The molecule has 110 valence electrons. The second-order valence-corrected chi connectivity index (χ2v) is 5.44. The number of rotatable bonds is 3. The lowest BCUT2D eigenvalue weighted by Crippen LogP contribution is -2.21. The van der Waals surface area contributed by atoms with Crippen molar-refractivity contribution in [3.63, 3.8) is 0 Å². The molecule has 2 fully saturated rings. The first-order valence-electron chi connectivity index (χ1n) is 7.85. The van der Waals surface area contributed by atoms with Gasteiger partial charge < -0.3 is 0 Å². The van der Waals surface area contributed by atoms with Crippen LogP contribution in [0.1, 0.15) is 64.2 Å². The Balaban J connectivity index is 0.000000399. The molecule has 0 aliphatic heterocycles. The van der Waals surface area contributed by atoms with Crippen LogP contribution in [0.3, 0.4) is 0 Å². The quantitative estimate of drug-likeness (QED) is 0.609. The average Bonchev–Trinajstić information content (AvgIpc) is 2.50. The molecule has 0 spiro atoms. The van der Waals surface area contributed by atoms with Gasteiger partial charge in [0.1, 0.15) is 0 Å². The van der Waals surface area contributed by atoms with Crippen LogP contribution in [0.5, 0.6) is 0 Å². The van der Waals surface area contributed by atoms with Gasteiger partial charge in [0.05, 0.1) is 18.1 Å². The van der Waals surface area contributed by atoms with Gasteiger partial charge in [-0.15, -0.1) is 0 Å². The van der Waals surface area contributed by atoms with Gasteiger partial charge in [0.25, 0.3) is 0 Å². The van der Waals surface area contributed by atoms with Gasteiger partial charge in [0.15, 0.2) is 0 Å². The molecule has 0 atom stereocenters. The molecule has 0 aromatic rings. The molecule has 2 N–H and O–H groups in total. The lowest BCUT2D eigenvalue weighted by Gasteiger charge is -2.17. The van der Waals surface area contributed by atoms with E-state index in [1.54, 1.807) is 0 Å². The monoisotopic (exact) mass is 266 g/mol. The Morgan fingerprint density at radius 3 is 1.37 bits per heavy atom. The highest BCUT2D eigenvalue weighted by Gasteiger charge is 2.12. The SMILES string of the molecule is C(=NC1CCCCC1)=NC1CCCCC1.CNNC. The van der Waals surface area contributed by atoms with E-state index in [0.717, 1.165) is 0 Å². The summed E-state index contributed by atoms with van der Waals surface area (Å²) in [5.74, 6) is 0. The summed E-state index contributed by atoms with van der Waals surface area (Å²) in [7, 11) is 3.64. The van der Waals surface area contributed by atoms with Gasteiger partial charge in [-0.25, -0.2) is 9.98 Å². The van der Waals surface area contributed by atoms with Crippen molar-refractivity contribution in [2.45, 2.75) is 76.3 Å². The van der Waals surface area contributed by atoms with Gasteiger partial charge in [0, 0.05) is 0 Å². The molecule has 4 nitrogen and oxygen atoms in total. The summed E-state index contributed by atoms with van der Waals surface area (Å²) in [6.45, 7) is 0. The summed E-state index contributed by atoms with van der Waals surface area (Å²) < 4.78 is 0. The van der Waals surface area contributed by atoms with Crippen LogP contribution in [-0.2, 0) is 0 Å². The minimum atomic E-state index is 0.533. The largest absolute Gasteiger partial charge is 0.261 e. The number of hydrogen-bond donors (Lipinski definition) is 2. The molecule has 0 heterocycles. The first kappa shape index (κ1) is 16.4. The number of nitrogens with zero attached hydrogens (tertiary/aromatic N) is 2. The van der Waals surface area contributed by atoms with Crippen molar-refractivity contribution in [2.24, 2.45) is 9.98 Å². The molecular formula is C15H30N4. The van der Waals surface area contributed by atoms with Crippen LogP contribution in [0.4, 0.5) is 0 Å². The van der Waals surface area contributed by atoms with E-state index in [1.165, 1.54) is 64.2 Å². The zero-order valence-electron chi connectivity index (χ0n) is 12.6. The molecule has 4 heteroatoms. The van der Waals surface area contributed by atoms with E-state index in [4.69, 9.17) is 0 Å². The maximum Gasteiger partial charge on any atom is 0.0898 e. The first-order valence-corrected chi connectivity index (χ1v) is 7.85. The van der Waals surface area contributed by atoms with E-state index in [-0.39, 0.29) is 0 Å². The smallest absolute Gasteiger partial charge is 0.0898 e. The first-order chi connectivity index (χ1) is 9.36. The Hall–Kier alpha value is -0.700. The van der Waals surface area contributed by atoms with E-state index in [2.05, 4.69) is 26.8 Å². The summed E-state index contributed by atoms with van der Waals surface area (Å²) in [5, 5.41) is 0. The third kappa shape index (κ3) is 8.14. The highest BCUT2D eigenvalue weighted by atomic mass is 15.3. The van der Waals surface area contributed by atoms with Crippen molar-refractivity contribution in [2.75, 3.05) is 14.1 Å².